The molecule has 0 aromatic heterocycles. The number of carboxylic acids is 1. The van der Waals surface area contributed by atoms with Crippen molar-refractivity contribution in [1.82, 2.24) is 5.32 Å². The van der Waals surface area contributed by atoms with Crippen LogP contribution in [-0.2, 0) is 14.3 Å². The highest BCUT2D eigenvalue weighted by molar-refractivity contribution is 5.77. The Morgan fingerprint density at radius 3 is 2.53 bits per heavy atom. The van der Waals surface area contributed by atoms with E-state index in [0.717, 1.165) is 19.3 Å². The lowest BCUT2D eigenvalue weighted by Gasteiger charge is -2.39. The third-order valence-electron chi connectivity index (χ3n) is 3.21. The fraction of sp³-hybridized carbons (Fsp3) is 0.818. The average Bonchev–Trinajstić information content (AvgIpc) is 2.23. The van der Waals surface area contributed by atoms with Gasteiger partial charge in [0.05, 0.1) is 12.0 Å². The molecule has 6 nitrogen and oxygen atoms in total. The third kappa shape index (κ3) is 3.98. The highest BCUT2D eigenvalue weighted by atomic mass is 16.5. The van der Waals surface area contributed by atoms with Crippen LogP contribution in [0.2, 0.25) is 0 Å². The van der Waals surface area contributed by atoms with Crippen LogP contribution in [0.1, 0.15) is 32.1 Å². The van der Waals surface area contributed by atoms with Gasteiger partial charge in [-0.15, -0.1) is 0 Å². The summed E-state index contributed by atoms with van der Waals surface area (Å²) in [6, 6.07) is 0. The number of carbonyl (C=O) groups is 2. The summed E-state index contributed by atoms with van der Waals surface area (Å²) < 4.78 is 5.31. The molecule has 1 aliphatic rings. The Balaban J connectivity index is 2.19. The predicted octanol–water partition coefficient (Wildman–Crippen LogP) is -0.103. The molecule has 0 saturated heterocycles. The lowest BCUT2D eigenvalue weighted by molar-refractivity contribution is -0.147. The Morgan fingerprint density at radius 1 is 1.47 bits per heavy atom. The van der Waals surface area contributed by atoms with Crippen LogP contribution >= 0.6 is 0 Å². The minimum atomic E-state index is -1.42. The highest BCUT2D eigenvalue weighted by Gasteiger charge is 2.38. The molecule has 0 aromatic rings. The molecule has 0 heterocycles. The summed E-state index contributed by atoms with van der Waals surface area (Å²) in [5.74, 6) is -1.43. The van der Waals surface area contributed by atoms with E-state index in [0.29, 0.717) is 6.42 Å². The maximum absolute atomic E-state index is 11.5. The van der Waals surface area contributed by atoms with E-state index in [4.69, 9.17) is 14.9 Å². The van der Waals surface area contributed by atoms with Gasteiger partial charge in [0.15, 0.2) is 6.10 Å². The van der Waals surface area contributed by atoms with Gasteiger partial charge in [-0.25, -0.2) is 4.79 Å². The fourth-order valence-corrected chi connectivity index (χ4v) is 1.85. The molecule has 0 aliphatic heterocycles. The summed E-state index contributed by atoms with van der Waals surface area (Å²) in [7, 11) is 1.60. The second-order valence-electron chi connectivity index (χ2n) is 4.41. The molecule has 0 aromatic carbocycles. The van der Waals surface area contributed by atoms with Gasteiger partial charge in [0.25, 0.3) is 0 Å². The van der Waals surface area contributed by atoms with E-state index in [9.17, 15) is 9.59 Å². The maximum Gasteiger partial charge on any atom is 0.332 e. The molecule has 0 spiro atoms. The van der Waals surface area contributed by atoms with E-state index in [1.54, 1.807) is 7.11 Å². The number of carboxylic acid groups (broad SMARTS) is 1. The van der Waals surface area contributed by atoms with Crippen molar-refractivity contribution in [3.63, 3.8) is 0 Å². The Kier molecular flexibility index (Phi) is 4.89. The summed E-state index contributed by atoms with van der Waals surface area (Å²) in [5.41, 5.74) is -0.324. The minimum absolute atomic E-state index is 0.0149. The zero-order valence-corrected chi connectivity index (χ0v) is 9.94. The van der Waals surface area contributed by atoms with Crippen molar-refractivity contribution in [2.45, 2.75) is 43.8 Å². The first-order valence-electron chi connectivity index (χ1n) is 5.72. The highest BCUT2D eigenvalue weighted by Crippen LogP contribution is 2.37. The molecule has 1 fully saturated rings. The van der Waals surface area contributed by atoms with E-state index in [1.165, 1.54) is 0 Å². The summed E-state index contributed by atoms with van der Waals surface area (Å²) in [5, 5.41) is 20.0. The van der Waals surface area contributed by atoms with Crippen molar-refractivity contribution in [3.8, 4) is 0 Å². The molecular formula is C11H19NO5. The molecule has 98 valence electrons. The normalized spacial score (nSPS) is 19.2. The number of methoxy groups -OCH3 is 1. The number of rotatable bonds is 7. The molecule has 1 unspecified atom stereocenters. The number of amides is 1. The number of ether oxygens (including phenoxy) is 1. The number of aliphatic hydroxyl groups excluding tert-OH is 1. The number of carbonyl (C=O) groups excluding carboxylic acids is 1. The van der Waals surface area contributed by atoms with Gasteiger partial charge in [-0.1, -0.05) is 0 Å². The van der Waals surface area contributed by atoms with E-state index in [1.807, 2.05) is 0 Å². The lowest BCUT2D eigenvalue weighted by atomic mass is 9.77. The maximum atomic E-state index is 11.5. The zero-order valence-electron chi connectivity index (χ0n) is 9.94. The van der Waals surface area contributed by atoms with Gasteiger partial charge < -0.3 is 20.3 Å². The van der Waals surface area contributed by atoms with E-state index in [-0.39, 0.29) is 24.5 Å². The van der Waals surface area contributed by atoms with Gasteiger partial charge in [-0.05, 0) is 19.3 Å². The molecule has 0 bridgehead atoms. The van der Waals surface area contributed by atoms with Crippen LogP contribution in [-0.4, -0.2) is 47.4 Å². The van der Waals surface area contributed by atoms with Crippen molar-refractivity contribution >= 4 is 11.9 Å². The largest absolute Gasteiger partial charge is 0.479 e. The number of hydrogen-bond donors (Lipinski definition) is 3. The quantitative estimate of drug-likeness (QED) is 0.582. The SMILES string of the molecule is COC1(CC(=O)NCCC(O)C(=O)O)CCC1. The van der Waals surface area contributed by atoms with Gasteiger partial charge in [-0.3, -0.25) is 4.79 Å². The first-order valence-corrected chi connectivity index (χ1v) is 5.72. The second kappa shape index (κ2) is 5.97. The molecule has 1 rings (SSSR count). The van der Waals surface area contributed by atoms with Crippen LogP contribution < -0.4 is 5.32 Å². The first-order chi connectivity index (χ1) is 7.99. The summed E-state index contributed by atoms with van der Waals surface area (Å²) in [6.45, 7) is 0.159. The van der Waals surface area contributed by atoms with Crippen LogP contribution in [0.15, 0.2) is 0 Å². The molecule has 0 radical (unpaired) electrons. The van der Waals surface area contributed by atoms with Crippen molar-refractivity contribution < 1.29 is 24.5 Å². The summed E-state index contributed by atoms with van der Waals surface area (Å²) >= 11 is 0. The van der Waals surface area contributed by atoms with Gasteiger partial charge in [0.2, 0.25) is 5.91 Å². The van der Waals surface area contributed by atoms with E-state index in [2.05, 4.69) is 5.32 Å². The van der Waals surface area contributed by atoms with Crippen molar-refractivity contribution in [3.05, 3.63) is 0 Å². The van der Waals surface area contributed by atoms with Crippen LogP contribution in [0, 0.1) is 0 Å². The van der Waals surface area contributed by atoms with Gasteiger partial charge >= 0.3 is 5.97 Å². The molecule has 6 heteroatoms. The molecule has 1 saturated carbocycles. The van der Waals surface area contributed by atoms with Gasteiger partial charge in [0.1, 0.15) is 0 Å². The summed E-state index contributed by atoms with van der Waals surface area (Å²) in [6.07, 6.45) is 1.73. The topological polar surface area (TPSA) is 95.9 Å². The van der Waals surface area contributed by atoms with Crippen LogP contribution in [0.5, 0.6) is 0 Å². The Morgan fingerprint density at radius 2 is 2.12 bits per heavy atom. The van der Waals surface area contributed by atoms with Gasteiger partial charge in [-0.2, -0.15) is 0 Å². The van der Waals surface area contributed by atoms with Gasteiger partial charge in [0, 0.05) is 20.1 Å². The predicted molar refractivity (Wildman–Crippen MR) is 59.5 cm³/mol. The Bertz CT molecular complexity index is 282. The molecule has 1 aliphatic carbocycles. The number of hydrogen-bond acceptors (Lipinski definition) is 4. The average molecular weight is 245 g/mol. The van der Waals surface area contributed by atoms with Crippen LogP contribution in [0.4, 0.5) is 0 Å². The molecule has 1 amide bonds. The number of nitrogens with one attached hydrogen (secondary N) is 1. The van der Waals surface area contributed by atoms with E-state index >= 15 is 0 Å². The molecule has 17 heavy (non-hydrogen) atoms. The number of aliphatic hydroxyl groups is 1. The second-order valence-corrected chi connectivity index (χ2v) is 4.41. The monoisotopic (exact) mass is 245 g/mol. The van der Waals surface area contributed by atoms with Crippen LogP contribution in [0.25, 0.3) is 0 Å². The molecule has 3 N–H and O–H groups in total. The van der Waals surface area contributed by atoms with Crippen molar-refractivity contribution in [1.29, 1.82) is 0 Å². The smallest absolute Gasteiger partial charge is 0.332 e. The fourth-order valence-electron chi connectivity index (χ4n) is 1.85. The lowest BCUT2D eigenvalue weighted by Crippen LogP contribution is -2.44. The molecular weight excluding hydrogens is 226 g/mol. The number of aliphatic carboxylic acids is 1. The first kappa shape index (κ1) is 13.9. The third-order valence-corrected chi connectivity index (χ3v) is 3.21. The minimum Gasteiger partial charge on any atom is -0.479 e. The van der Waals surface area contributed by atoms with Crippen molar-refractivity contribution in [2.24, 2.45) is 0 Å². The molecule has 1 atom stereocenters. The standard InChI is InChI=1S/C11H19NO5/c1-17-11(4-2-5-11)7-9(14)12-6-3-8(13)10(15)16/h8,13H,2-7H2,1H3,(H,12,14)(H,15,16). The van der Waals surface area contributed by atoms with Crippen LogP contribution in [0.3, 0.4) is 0 Å². The summed E-state index contributed by atoms with van der Waals surface area (Å²) in [4.78, 5) is 21.9. The Hall–Kier alpha value is -1.14. The zero-order chi connectivity index (χ0) is 12.9. The van der Waals surface area contributed by atoms with Crippen molar-refractivity contribution in [2.75, 3.05) is 13.7 Å². The Labute approximate surface area is 100.0 Å². The van der Waals surface area contributed by atoms with E-state index < -0.39 is 12.1 Å².